The Morgan fingerprint density at radius 1 is 1.07 bits per heavy atom. The molecule has 9 heteroatoms. The maximum atomic E-state index is 13.1. The molecule has 0 amide bonds. The molecule has 2 heterocycles. The van der Waals surface area contributed by atoms with Crippen molar-refractivity contribution in [3.63, 3.8) is 0 Å². The van der Waals surface area contributed by atoms with Crippen LogP contribution in [0.1, 0.15) is 38.5 Å². The van der Waals surface area contributed by atoms with Crippen molar-refractivity contribution in [3.05, 3.63) is 24.3 Å². The largest absolute Gasteiger partial charge is 0.435 e. The summed E-state index contributed by atoms with van der Waals surface area (Å²) >= 11 is 0. The van der Waals surface area contributed by atoms with Gasteiger partial charge in [-0.25, -0.2) is 8.42 Å². The molecule has 2 bridgehead atoms. The van der Waals surface area contributed by atoms with E-state index in [2.05, 4.69) is 10.1 Å². The lowest BCUT2D eigenvalue weighted by Crippen LogP contribution is -2.57. The van der Waals surface area contributed by atoms with E-state index in [4.69, 9.17) is 0 Å². The van der Waals surface area contributed by atoms with Gasteiger partial charge in [-0.2, -0.15) is 13.1 Å². The SMILES string of the molecule is O=S(=O)(c1ccc(OC(F)F)cc1)N1C2CCC1CC(NC1CCC1O)C2. The van der Waals surface area contributed by atoms with Crippen LogP contribution in [0.5, 0.6) is 5.75 Å². The summed E-state index contributed by atoms with van der Waals surface area (Å²) in [6.45, 7) is -2.94. The fourth-order valence-corrected chi connectivity index (χ4v) is 6.45. The molecule has 2 saturated heterocycles. The van der Waals surface area contributed by atoms with Gasteiger partial charge in [-0.05, 0) is 62.8 Å². The second-order valence-electron chi connectivity index (χ2n) is 7.66. The average molecular weight is 402 g/mol. The molecular weight excluding hydrogens is 378 g/mol. The van der Waals surface area contributed by atoms with Gasteiger partial charge in [0.2, 0.25) is 10.0 Å². The molecule has 0 aromatic heterocycles. The zero-order valence-electron chi connectivity index (χ0n) is 14.8. The van der Waals surface area contributed by atoms with Crippen LogP contribution in [0.4, 0.5) is 8.78 Å². The molecule has 1 aromatic rings. The lowest BCUT2D eigenvalue weighted by molar-refractivity contribution is -0.0498. The lowest BCUT2D eigenvalue weighted by Gasteiger charge is -2.42. The van der Waals surface area contributed by atoms with E-state index in [0.29, 0.717) is 0 Å². The summed E-state index contributed by atoms with van der Waals surface area (Å²) in [6.07, 6.45) is 4.59. The first-order valence-corrected chi connectivity index (χ1v) is 10.8. The topological polar surface area (TPSA) is 78.9 Å². The quantitative estimate of drug-likeness (QED) is 0.762. The van der Waals surface area contributed by atoms with Crippen LogP contribution in [0.3, 0.4) is 0 Å². The number of hydrogen-bond acceptors (Lipinski definition) is 5. The summed E-state index contributed by atoms with van der Waals surface area (Å²) in [6, 6.07) is 5.36. The molecule has 0 radical (unpaired) electrons. The van der Waals surface area contributed by atoms with E-state index in [-0.39, 0.29) is 40.9 Å². The van der Waals surface area contributed by atoms with E-state index in [1.165, 1.54) is 24.3 Å². The molecule has 2 N–H and O–H groups in total. The molecule has 1 saturated carbocycles. The summed E-state index contributed by atoms with van der Waals surface area (Å²) < 4.78 is 56.6. The van der Waals surface area contributed by atoms with Crippen molar-refractivity contribution in [1.29, 1.82) is 0 Å². The number of nitrogens with zero attached hydrogens (tertiary/aromatic N) is 1. The van der Waals surface area contributed by atoms with Crippen molar-refractivity contribution in [2.45, 2.75) is 80.3 Å². The second kappa shape index (κ2) is 7.27. The minimum Gasteiger partial charge on any atom is -0.435 e. The van der Waals surface area contributed by atoms with Gasteiger partial charge in [0.15, 0.2) is 0 Å². The highest BCUT2D eigenvalue weighted by atomic mass is 32.2. The first kappa shape index (κ1) is 19.0. The van der Waals surface area contributed by atoms with Crippen LogP contribution in [-0.2, 0) is 10.0 Å². The number of alkyl halides is 2. The summed E-state index contributed by atoms with van der Waals surface area (Å²) in [4.78, 5) is 0.0989. The number of nitrogens with one attached hydrogen (secondary N) is 1. The average Bonchev–Trinajstić information content (AvgIpc) is 2.90. The standard InChI is InChI=1S/C18H24F2N2O4S/c19-18(20)26-14-3-5-15(6-4-14)27(24,25)22-12-1-2-13(22)10-11(9-12)21-16-7-8-17(16)23/h3-6,11-13,16-18,21,23H,1-2,7-10H2. The van der Waals surface area contributed by atoms with Crippen LogP contribution in [0.2, 0.25) is 0 Å². The third-order valence-electron chi connectivity index (χ3n) is 5.98. The van der Waals surface area contributed by atoms with E-state index in [1.54, 1.807) is 4.31 Å². The number of piperidine rings is 1. The fraction of sp³-hybridized carbons (Fsp3) is 0.667. The Labute approximate surface area is 157 Å². The minimum atomic E-state index is -3.68. The molecule has 4 rings (SSSR count). The van der Waals surface area contributed by atoms with Crippen molar-refractivity contribution in [3.8, 4) is 5.75 Å². The van der Waals surface area contributed by atoms with Gasteiger partial charge in [-0.1, -0.05) is 0 Å². The number of halogens is 2. The number of aliphatic hydroxyl groups is 1. The smallest absolute Gasteiger partial charge is 0.387 e. The third-order valence-corrected chi connectivity index (χ3v) is 8.00. The van der Waals surface area contributed by atoms with E-state index >= 15 is 0 Å². The molecule has 27 heavy (non-hydrogen) atoms. The van der Waals surface area contributed by atoms with Crippen molar-refractivity contribution in [2.24, 2.45) is 0 Å². The molecule has 1 aliphatic carbocycles. The Balaban J connectivity index is 1.46. The third kappa shape index (κ3) is 3.70. The van der Waals surface area contributed by atoms with Gasteiger partial charge in [-0.15, -0.1) is 0 Å². The molecule has 4 unspecified atom stereocenters. The number of sulfonamides is 1. The number of fused-ring (bicyclic) bond motifs is 2. The summed E-state index contributed by atoms with van der Waals surface area (Å²) in [7, 11) is -3.68. The summed E-state index contributed by atoms with van der Waals surface area (Å²) in [5.41, 5.74) is 0. The lowest BCUT2D eigenvalue weighted by atomic mass is 9.87. The van der Waals surface area contributed by atoms with Crippen LogP contribution in [0, 0.1) is 0 Å². The maximum absolute atomic E-state index is 13.1. The fourth-order valence-electron chi connectivity index (χ4n) is 4.56. The molecule has 1 aromatic carbocycles. The Morgan fingerprint density at radius 2 is 1.70 bits per heavy atom. The van der Waals surface area contributed by atoms with Crippen LogP contribution < -0.4 is 10.1 Å². The van der Waals surface area contributed by atoms with E-state index in [1.807, 2.05) is 0 Å². The summed E-state index contributed by atoms with van der Waals surface area (Å²) in [5, 5.41) is 13.3. The van der Waals surface area contributed by atoms with Crippen LogP contribution in [0.25, 0.3) is 0 Å². The predicted octanol–water partition coefficient (Wildman–Crippen LogP) is 2.08. The number of benzene rings is 1. The Morgan fingerprint density at radius 3 is 2.19 bits per heavy atom. The van der Waals surface area contributed by atoms with Crippen LogP contribution in [0.15, 0.2) is 29.2 Å². The van der Waals surface area contributed by atoms with Crippen molar-refractivity contribution >= 4 is 10.0 Å². The highest BCUT2D eigenvalue weighted by Crippen LogP contribution is 2.40. The number of rotatable bonds is 6. The number of hydrogen-bond donors (Lipinski definition) is 2. The second-order valence-corrected chi connectivity index (χ2v) is 9.50. The summed E-state index contributed by atoms with van der Waals surface area (Å²) in [5.74, 6) is -0.0612. The Kier molecular flexibility index (Phi) is 5.13. The number of ether oxygens (including phenoxy) is 1. The van der Waals surface area contributed by atoms with E-state index in [9.17, 15) is 22.3 Å². The van der Waals surface area contributed by atoms with Gasteiger partial charge < -0.3 is 15.2 Å². The normalized spacial score (nSPS) is 33.9. The van der Waals surface area contributed by atoms with E-state index in [0.717, 1.165) is 38.5 Å². The molecule has 3 aliphatic rings. The zero-order valence-corrected chi connectivity index (χ0v) is 15.6. The molecule has 6 nitrogen and oxygen atoms in total. The van der Waals surface area contributed by atoms with Gasteiger partial charge >= 0.3 is 6.61 Å². The molecule has 0 spiro atoms. The van der Waals surface area contributed by atoms with Crippen molar-refractivity contribution < 1.29 is 27.0 Å². The maximum Gasteiger partial charge on any atom is 0.387 e. The first-order valence-electron chi connectivity index (χ1n) is 9.37. The molecule has 2 aliphatic heterocycles. The minimum absolute atomic E-state index is 0.0612. The number of aliphatic hydroxyl groups excluding tert-OH is 1. The monoisotopic (exact) mass is 402 g/mol. The van der Waals surface area contributed by atoms with Gasteiger partial charge in [0.25, 0.3) is 0 Å². The van der Waals surface area contributed by atoms with Gasteiger partial charge in [0.1, 0.15) is 5.75 Å². The Hall–Kier alpha value is -1.29. The van der Waals surface area contributed by atoms with Gasteiger partial charge in [0.05, 0.1) is 11.0 Å². The van der Waals surface area contributed by atoms with E-state index < -0.39 is 16.6 Å². The molecule has 3 fully saturated rings. The highest BCUT2D eigenvalue weighted by Gasteiger charge is 2.48. The Bertz CT molecular complexity index is 760. The zero-order chi connectivity index (χ0) is 19.2. The van der Waals surface area contributed by atoms with Crippen LogP contribution in [-0.4, -0.2) is 54.7 Å². The predicted molar refractivity (Wildman–Crippen MR) is 94.1 cm³/mol. The van der Waals surface area contributed by atoms with Crippen LogP contribution >= 0.6 is 0 Å². The molecule has 4 atom stereocenters. The molecular formula is C18H24F2N2O4S. The highest BCUT2D eigenvalue weighted by molar-refractivity contribution is 7.89. The first-order chi connectivity index (χ1) is 12.8. The van der Waals surface area contributed by atoms with Crippen molar-refractivity contribution in [2.75, 3.05) is 0 Å². The van der Waals surface area contributed by atoms with Gasteiger partial charge in [-0.3, -0.25) is 0 Å². The van der Waals surface area contributed by atoms with Gasteiger partial charge in [0, 0.05) is 24.2 Å². The molecule has 150 valence electrons. The van der Waals surface area contributed by atoms with Crippen molar-refractivity contribution in [1.82, 2.24) is 9.62 Å².